The molecule has 17 heavy (non-hydrogen) atoms. The average Bonchev–Trinajstić information content (AvgIpc) is 2.29. The van der Waals surface area contributed by atoms with Gasteiger partial charge >= 0.3 is 0 Å². The van der Waals surface area contributed by atoms with Gasteiger partial charge in [-0.3, -0.25) is 4.21 Å². The summed E-state index contributed by atoms with van der Waals surface area (Å²) in [4.78, 5) is 0. The molecule has 0 saturated carbocycles. The molecule has 0 spiro atoms. The predicted molar refractivity (Wildman–Crippen MR) is 75.5 cm³/mol. The Labute approximate surface area is 113 Å². The Morgan fingerprint density at radius 2 is 2.29 bits per heavy atom. The Morgan fingerprint density at radius 3 is 2.88 bits per heavy atom. The van der Waals surface area contributed by atoms with Crippen LogP contribution in [0.4, 0.5) is 5.69 Å². The number of rotatable bonds is 5. The van der Waals surface area contributed by atoms with Crippen LogP contribution < -0.4 is 5.32 Å². The Kier molecular flexibility index (Phi) is 5.66. The normalized spacial score (nSPS) is 13.8. The molecule has 92 valence electrons. The minimum absolute atomic E-state index is 0.167. The van der Waals surface area contributed by atoms with Gasteiger partial charge in [0.15, 0.2) is 0 Å². The zero-order valence-electron chi connectivity index (χ0n) is 9.87. The van der Waals surface area contributed by atoms with Crippen LogP contribution in [0.25, 0.3) is 0 Å². The van der Waals surface area contributed by atoms with Gasteiger partial charge in [-0.05, 0) is 24.6 Å². The number of nitrogens with one attached hydrogen (secondary N) is 1. The van der Waals surface area contributed by atoms with E-state index in [2.05, 4.69) is 27.3 Å². The van der Waals surface area contributed by atoms with Crippen molar-refractivity contribution in [3.63, 3.8) is 0 Å². The molecule has 0 aliphatic rings. The molecule has 0 saturated heterocycles. The molecule has 5 heteroatoms. The Hall–Kier alpha value is -0.860. The number of nitrogens with zero attached hydrogens (tertiary/aromatic N) is 1. The fourth-order valence-corrected chi connectivity index (χ4v) is 2.15. The Morgan fingerprint density at radius 1 is 1.59 bits per heavy atom. The van der Waals surface area contributed by atoms with Crippen molar-refractivity contribution in [2.75, 3.05) is 18.1 Å². The lowest BCUT2D eigenvalue weighted by Crippen LogP contribution is -2.15. The van der Waals surface area contributed by atoms with Gasteiger partial charge in [-0.1, -0.05) is 22.9 Å². The van der Waals surface area contributed by atoms with E-state index in [-0.39, 0.29) is 5.25 Å². The molecular formula is C12H15BrN2OS. The van der Waals surface area contributed by atoms with Crippen LogP contribution in [0.5, 0.6) is 0 Å². The largest absolute Gasteiger partial charge is 0.384 e. The maximum absolute atomic E-state index is 11.2. The first kappa shape index (κ1) is 14.2. The fourth-order valence-electron chi connectivity index (χ4n) is 1.34. The minimum atomic E-state index is -0.794. The molecular weight excluding hydrogens is 300 g/mol. The van der Waals surface area contributed by atoms with Crippen molar-refractivity contribution in [1.82, 2.24) is 0 Å². The van der Waals surface area contributed by atoms with Crippen LogP contribution in [0.1, 0.15) is 18.9 Å². The molecule has 3 nitrogen and oxygen atoms in total. The third kappa shape index (κ3) is 4.49. The SMILES string of the molecule is CC(CCNc1cc(Br)ccc1C#N)S(C)=O. The van der Waals surface area contributed by atoms with Crippen LogP contribution in [0, 0.1) is 11.3 Å². The third-order valence-electron chi connectivity index (χ3n) is 2.54. The number of benzene rings is 1. The fraction of sp³-hybridized carbons (Fsp3) is 0.417. The van der Waals surface area contributed by atoms with E-state index in [0.717, 1.165) is 16.6 Å². The van der Waals surface area contributed by atoms with Gasteiger partial charge in [0.05, 0.1) is 11.3 Å². The molecule has 0 aliphatic carbocycles. The zero-order valence-corrected chi connectivity index (χ0v) is 12.3. The molecule has 1 N–H and O–H groups in total. The van der Waals surface area contributed by atoms with E-state index in [1.54, 1.807) is 12.3 Å². The van der Waals surface area contributed by atoms with E-state index in [1.807, 2.05) is 19.1 Å². The number of nitriles is 1. The van der Waals surface area contributed by atoms with E-state index in [1.165, 1.54) is 0 Å². The van der Waals surface area contributed by atoms with Gasteiger partial charge in [0, 0.05) is 33.3 Å². The van der Waals surface area contributed by atoms with Gasteiger partial charge in [0.1, 0.15) is 6.07 Å². The molecule has 1 aromatic rings. The van der Waals surface area contributed by atoms with Crippen LogP contribution in [0.3, 0.4) is 0 Å². The van der Waals surface area contributed by atoms with Crippen molar-refractivity contribution in [2.45, 2.75) is 18.6 Å². The molecule has 0 heterocycles. The quantitative estimate of drug-likeness (QED) is 0.909. The number of halogens is 1. The lowest BCUT2D eigenvalue weighted by Gasteiger charge is -2.11. The van der Waals surface area contributed by atoms with Gasteiger partial charge in [0.2, 0.25) is 0 Å². The standard InChI is InChI=1S/C12H15BrN2OS/c1-9(17(2)16)5-6-15-12-7-11(13)4-3-10(12)8-14/h3-4,7,9,15H,5-6H2,1-2H3. The smallest absolute Gasteiger partial charge is 0.101 e. The summed E-state index contributed by atoms with van der Waals surface area (Å²) in [5, 5.41) is 12.3. The maximum atomic E-state index is 11.2. The molecule has 0 bridgehead atoms. The zero-order chi connectivity index (χ0) is 12.8. The van der Waals surface area contributed by atoms with E-state index in [9.17, 15) is 4.21 Å². The van der Waals surface area contributed by atoms with E-state index >= 15 is 0 Å². The summed E-state index contributed by atoms with van der Waals surface area (Å²) in [6, 6.07) is 7.63. The Bertz CT molecular complexity index is 456. The highest BCUT2D eigenvalue weighted by molar-refractivity contribution is 9.10. The number of hydrogen-bond donors (Lipinski definition) is 1. The summed E-state index contributed by atoms with van der Waals surface area (Å²) in [7, 11) is -0.794. The second-order valence-electron chi connectivity index (χ2n) is 3.83. The second kappa shape index (κ2) is 6.77. The number of hydrogen-bond acceptors (Lipinski definition) is 3. The Balaban J connectivity index is 2.60. The van der Waals surface area contributed by atoms with Crippen LogP contribution in [-0.4, -0.2) is 22.3 Å². The van der Waals surface area contributed by atoms with Gasteiger partial charge in [0.25, 0.3) is 0 Å². The highest BCUT2D eigenvalue weighted by Gasteiger charge is 2.07. The first-order valence-electron chi connectivity index (χ1n) is 5.30. The van der Waals surface area contributed by atoms with Crippen LogP contribution in [-0.2, 0) is 10.8 Å². The van der Waals surface area contributed by atoms with Crippen LogP contribution >= 0.6 is 15.9 Å². The van der Waals surface area contributed by atoms with Crippen molar-refractivity contribution in [2.24, 2.45) is 0 Å². The lowest BCUT2D eigenvalue weighted by molar-refractivity contribution is 0.672. The summed E-state index contributed by atoms with van der Waals surface area (Å²) in [5.74, 6) is 0. The summed E-state index contributed by atoms with van der Waals surface area (Å²) < 4.78 is 12.1. The summed E-state index contributed by atoms with van der Waals surface area (Å²) in [5.41, 5.74) is 1.44. The molecule has 0 amide bonds. The molecule has 0 fully saturated rings. The van der Waals surface area contributed by atoms with E-state index < -0.39 is 10.8 Å². The molecule has 1 rings (SSSR count). The highest BCUT2D eigenvalue weighted by Crippen LogP contribution is 2.20. The van der Waals surface area contributed by atoms with Gasteiger partial charge in [-0.25, -0.2) is 0 Å². The molecule has 0 aromatic heterocycles. The van der Waals surface area contributed by atoms with E-state index in [4.69, 9.17) is 5.26 Å². The van der Waals surface area contributed by atoms with Crippen molar-refractivity contribution >= 4 is 32.4 Å². The molecule has 2 atom stereocenters. The molecule has 0 aliphatic heterocycles. The first-order valence-corrected chi connectivity index (χ1v) is 7.71. The van der Waals surface area contributed by atoms with Gasteiger partial charge in [-0.2, -0.15) is 5.26 Å². The van der Waals surface area contributed by atoms with E-state index in [0.29, 0.717) is 12.1 Å². The molecule has 2 unspecified atom stereocenters. The second-order valence-corrected chi connectivity index (χ2v) is 6.54. The van der Waals surface area contributed by atoms with Crippen LogP contribution in [0.15, 0.2) is 22.7 Å². The monoisotopic (exact) mass is 314 g/mol. The van der Waals surface area contributed by atoms with Crippen LogP contribution in [0.2, 0.25) is 0 Å². The van der Waals surface area contributed by atoms with Crippen molar-refractivity contribution in [3.8, 4) is 6.07 Å². The van der Waals surface area contributed by atoms with Gasteiger partial charge < -0.3 is 5.32 Å². The van der Waals surface area contributed by atoms with Crippen molar-refractivity contribution in [3.05, 3.63) is 28.2 Å². The topological polar surface area (TPSA) is 52.9 Å². The molecule has 0 radical (unpaired) electrons. The van der Waals surface area contributed by atoms with Crippen molar-refractivity contribution < 1.29 is 4.21 Å². The summed E-state index contributed by atoms with van der Waals surface area (Å²) >= 11 is 3.37. The summed E-state index contributed by atoms with van der Waals surface area (Å²) in [6.07, 6.45) is 2.53. The average molecular weight is 315 g/mol. The maximum Gasteiger partial charge on any atom is 0.101 e. The highest BCUT2D eigenvalue weighted by atomic mass is 79.9. The molecule has 1 aromatic carbocycles. The first-order chi connectivity index (χ1) is 8.04. The van der Waals surface area contributed by atoms with Crippen molar-refractivity contribution in [1.29, 1.82) is 5.26 Å². The summed E-state index contributed by atoms with van der Waals surface area (Å²) in [6.45, 7) is 2.68. The van der Waals surface area contributed by atoms with Gasteiger partial charge in [-0.15, -0.1) is 0 Å². The third-order valence-corrected chi connectivity index (χ3v) is 4.40. The minimum Gasteiger partial charge on any atom is -0.384 e. The lowest BCUT2D eigenvalue weighted by atomic mass is 10.2. The number of anilines is 1. The predicted octanol–water partition coefficient (Wildman–Crippen LogP) is 2.89.